The zero-order valence-corrected chi connectivity index (χ0v) is 14.4. The second-order valence-corrected chi connectivity index (χ2v) is 5.92. The minimum atomic E-state index is -1.11. The molecule has 0 saturated carbocycles. The molecule has 1 N–H and O–H groups in total. The number of aliphatic hydroxyl groups is 1. The molecular weight excluding hydrogens is 353 g/mol. The van der Waals surface area contributed by atoms with E-state index in [1.54, 1.807) is 30.3 Å². The normalized spacial score (nSPS) is 18.6. The van der Waals surface area contributed by atoms with Gasteiger partial charge in [0.05, 0.1) is 18.7 Å². The zero-order chi connectivity index (χ0) is 19.6. The summed E-state index contributed by atoms with van der Waals surface area (Å²) in [6, 6.07) is 12.4. The van der Waals surface area contributed by atoms with Crippen molar-refractivity contribution in [2.24, 2.45) is 0 Å². The van der Waals surface area contributed by atoms with E-state index in [-0.39, 0.29) is 11.1 Å². The summed E-state index contributed by atoms with van der Waals surface area (Å²) in [5.74, 6) is -3.62. The zero-order valence-electron chi connectivity index (χ0n) is 14.4. The average Bonchev–Trinajstić information content (AvgIpc) is 2.93. The number of hydrogen-bond donors (Lipinski definition) is 1. The monoisotopic (exact) mass is 369 g/mol. The number of carbonyl (C=O) groups excluding carboxylic acids is 3. The molecule has 1 atom stereocenters. The number of carbonyl (C=O) groups is 3. The number of rotatable bonds is 4. The summed E-state index contributed by atoms with van der Waals surface area (Å²) < 4.78 is 18.4. The molecular formula is C20H16FNO5. The highest BCUT2D eigenvalue weighted by Gasteiger charge is 2.47. The smallest absolute Gasteiger partial charge is 0.325 e. The Kier molecular flexibility index (Phi) is 5.03. The molecule has 1 heterocycles. The molecule has 1 fully saturated rings. The van der Waals surface area contributed by atoms with E-state index < -0.39 is 41.8 Å². The van der Waals surface area contributed by atoms with Crippen molar-refractivity contribution in [3.8, 4) is 0 Å². The average molecular weight is 369 g/mol. The molecule has 138 valence electrons. The molecule has 6 nitrogen and oxygen atoms in total. The maximum absolute atomic E-state index is 13.8. The number of esters is 1. The summed E-state index contributed by atoms with van der Waals surface area (Å²) in [6.07, 6.45) is 0. The first-order valence-corrected chi connectivity index (χ1v) is 8.10. The maximum Gasteiger partial charge on any atom is 0.325 e. The van der Waals surface area contributed by atoms with Gasteiger partial charge in [-0.25, -0.2) is 4.39 Å². The summed E-state index contributed by atoms with van der Waals surface area (Å²) in [5.41, 5.74) is 0.381. The van der Waals surface area contributed by atoms with Gasteiger partial charge in [0.2, 0.25) is 0 Å². The van der Waals surface area contributed by atoms with Crippen molar-refractivity contribution in [2.75, 3.05) is 13.7 Å². The van der Waals surface area contributed by atoms with E-state index in [0.29, 0.717) is 5.56 Å². The Hall–Kier alpha value is -3.48. The summed E-state index contributed by atoms with van der Waals surface area (Å²) >= 11 is 0. The molecule has 1 amide bonds. The first kappa shape index (κ1) is 18.3. The molecule has 0 radical (unpaired) electrons. The predicted molar refractivity (Wildman–Crippen MR) is 93.9 cm³/mol. The van der Waals surface area contributed by atoms with Crippen LogP contribution in [-0.2, 0) is 19.1 Å². The fourth-order valence-corrected chi connectivity index (χ4v) is 3.02. The first-order valence-electron chi connectivity index (χ1n) is 8.10. The van der Waals surface area contributed by atoms with Crippen molar-refractivity contribution >= 4 is 23.4 Å². The number of aliphatic hydroxyl groups excluding tert-OH is 1. The second-order valence-electron chi connectivity index (χ2n) is 5.92. The summed E-state index contributed by atoms with van der Waals surface area (Å²) in [5, 5.41) is 10.7. The van der Waals surface area contributed by atoms with Crippen LogP contribution in [0.1, 0.15) is 17.2 Å². The van der Waals surface area contributed by atoms with Gasteiger partial charge in [-0.05, 0) is 17.7 Å². The van der Waals surface area contributed by atoms with Crippen LogP contribution in [0.25, 0.3) is 5.76 Å². The van der Waals surface area contributed by atoms with Gasteiger partial charge >= 0.3 is 5.97 Å². The second kappa shape index (κ2) is 7.41. The number of hydrogen-bond acceptors (Lipinski definition) is 5. The molecule has 2 aromatic rings. The lowest BCUT2D eigenvalue weighted by Crippen LogP contribution is -2.35. The lowest BCUT2D eigenvalue weighted by Gasteiger charge is -2.24. The summed E-state index contributed by atoms with van der Waals surface area (Å²) in [6.45, 7) is -0.506. The highest BCUT2D eigenvalue weighted by molar-refractivity contribution is 6.46. The standard InChI is InChI=1S/C20H16FNO5/c1-27-15(23)11-22-17(13-8-5-9-14(21)10-13)16(19(25)20(22)26)18(24)12-6-3-2-4-7-12/h2-10,17,24H,11H2,1H3/t17-/m0/s1. The fourth-order valence-electron chi connectivity index (χ4n) is 3.02. The molecule has 1 saturated heterocycles. The van der Waals surface area contributed by atoms with Crippen LogP contribution in [0.4, 0.5) is 4.39 Å². The van der Waals surface area contributed by atoms with Crippen molar-refractivity contribution in [3.05, 3.63) is 77.1 Å². The van der Waals surface area contributed by atoms with Gasteiger partial charge in [-0.2, -0.15) is 0 Å². The van der Waals surface area contributed by atoms with E-state index in [2.05, 4.69) is 4.74 Å². The van der Waals surface area contributed by atoms with Crippen LogP contribution in [-0.4, -0.2) is 41.3 Å². The molecule has 7 heteroatoms. The van der Waals surface area contributed by atoms with Crippen molar-refractivity contribution in [3.63, 3.8) is 0 Å². The topological polar surface area (TPSA) is 83.9 Å². The minimum absolute atomic E-state index is 0.208. The van der Waals surface area contributed by atoms with E-state index in [4.69, 9.17) is 0 Å². The van der Waals surface area contributed by atoms with Crippen molar-refractivity contribution in [1.29, 1.82) is 0 Å². The van der Waals surface area contributed by atoms with Crippen LogP contribution in [0.2, 0.25) is 0 Å². The van der Waals surface area contributed by atoms with Crippen LogP contribution in [0.15, 0.2) is 60.2 Å². The Labute approximate surface area is 154 Å². The van der Waals surface area contributed by atoms with Crippen LogP contribution in [0.3, 0.4) is 0 Å². The quantitative estimate of drug-likeness (QED) is 0.387. The maximum atomic E-state index is 13.8. The van der Waals surface area contributed by atoms with E-state index >= 15 is 0 Å². The van der Waals surface area contributed by atoms with Gasteiger partial charge in [0.1, 0.15) is 18.1 Å². The van der Waals surface area contributed by atoms with Crippen molar-refractivity contribution < 1.29 is 28.6 Å². The van der Waals surface area contributed by atoms with Crippen molar-refractivity contribution in [1.82, 2.24) is 4.90 Å². The number of likely N-dealkylation sites (tertiary alicyclic amines) is 1. The Morgan fingerprint density at radius 3 is 2.48 bits per heavy atom. The van der Waals surface area contributed by atoms with Crippen LogP contribution >= 0.6 is 0 Å². The molecule has 1 aliphatic heterocycles. The largest absolute Gasteiger partial charge is 0.507 e. The number of ketones is 1. The van der Waals surface area contributed by atoms with Gasteiger partial charge in [0.25, 0.3) is 11.7 Å². The third-order valence-corrected chi connectivity index (χ3v) is 4.28. The molecule has 27 heavy (non-hydrogen) atoms. The molecule has 3 rings (SSSR count). The predicted octanol–water partition coefficient (Wildman–Crippen LogP) is 2.42. The number of amides is 1. The fraction of sp³-hybridized carbons (Fsp3) is 0.150. The minimum Gasteiger partial charge on any atom is -0.507 e. The molecule has 0 spiro atoms. The SMILES string of the molecule is COC(=O)CN1C(=O)C(=O)C(=C(O)c2ccccc2)[C@@H]1c1cccc(F)c1. The molecule has 0 unspecified atom stereocenters. The number of nitrogens with zero attached hydrogens (tertiary/aromatic N) is 1. The van der Waals surface area contributed by atoms with Gasteiger partial charge in [0.15, 0.2) is 0 Å². The highest BCUT2D eigenvalue weighted by atomic mass is 19.1. The number of halogens is 1. The summed E-state index contributed by atoms with van der Waals surface area (Å²) in [7, 11) is 1.15. The number of Topliss-reactive ketones (excluding diaryl/α,β-unsaturated/α-hetero) is 1. The van der Waals surface area contributed by atoms with Crippen LogP contribution < -0.4 is 0 Å². The Bertz CT molecular complexity index is 938. The van der Waals surface area contributed by atoms with E-state index in [0.717, 1.165) is 18.1 Å². The lowest BCUT2D eigenvalue weighted by molar-refractivity contribution is -0.148. The lowest BCUT2D eigenvalue weighted by atomic mass is 9.95. The third-order valence-electron chi connectivity index (χ3n) is 4.28. The highest BCUT2D eigenvalue weighted by Crippen LogP contribution is 2.39. The molecule has 1 aliphatic rings. The third kappa shape index (κ3) is 3.44. The van der Waals surface area contributed by atoms with E-state index in [1.165, 1.54) is 18.2 Å². The van der Waals surface area contributed by atoms with Crippen molar-refractivity contribution in [2.45, 2.75) is 6.04 Å². The Balaban J connectivity index is 2.19. The van der Waals surface area contributed by atoms with E-state index in [9.17, 15) is 23.9 Å². The first-order chi connectivity index (χ1) is 12.9. The number of methoxy groups -OCH3 is 1. The van der Waals surface area contributed by atoms with Crippen LogP contribution in [0.5, 0.6) is 0 Å². The van der Waals surface area contributed by atoms with Gasteiger partial charge < -0.3 is 14.7 Å². The Morgan fingerprint density at radius 2 is 1.85 bits per heavy atom. The van der Waals surface area contributed by atoms with Gasteiger partial charge in [0, 0.05) is 5.56 Å². The van der Waals surface area contributed by atoms with Gasteiger partial charge in [-0.15, -0.1) is 0 Å². The summed E-state index contributed by atoms with van der Waals surface area (Å²) in [4.78, 5) is 37.8. The molecule has 0 aliphatic carbocycles. The van der Waals surface area contributed by atoms with E-state index in [1.807, 2.05) is 0 Å². The van der Waals surface area contributed by atoms with Gasteiger partial charge in [-0.3, -0.25) is 14.4 Å². The number of benzene rings is 2. The van der Waals surface area contributed by atoms with Gasteiger partial charge in [-0.1, -0.05) is 42.5 Å². The number of ether oxygens (including phenoxy) is 1. The van der Waals surface area contributed by atoms with Crippen LogP contribution in [0, 0.1) is 5.82 Å². The molecule has 0 bridgehead atoms. The molecule has 2 aromatic carbocycles. The Morgan fingerprint density at radius 1 is 1.15 bits per heavy atom. The molecule has 0 aromatic heterocycles.